The summed E-state index contributed by atoms with van der Waals surface area (Å²) in [5.74, 6) is 0.710. The summed E-state index contributed by atoms with van der Waals surface area (Å²) in [5, 5.41) is 0. The van der Waals surface area contributed by atoms with Crippen LogP contribution in [0.1, 0.15) is 5.69 Å². The standard InChI is InChI=1S/C19H27N5OSi/c1-20-17(13-23(2)3)18-14-24(15-25-11-12-26(4,5)6)19(22-18)16-9-7-8-10-21-16/h7-10,13-14H,11-12,15H2,2-6H3/b17-13+. The topological polar surface area (TPSA) is 47.5 Å². The van der Waals surface area contributed by atoms with Crippen molar-refractivity contribution in [3.63, 3.8) is 0 Å². The molecule has 0 aliphatic heterocycles. The van der Waals surface area contributed by atoms with Gasteiger partial charge < -0.3 is 14.2 Å². The van der Waals surface area contributed by atoms with E-state index in [0.717, 1.165) is 18.3 Å². The Morgan fingerprint density at radius 2 is 2.12 bits per heavy atom. The van der Waals surface area contributed by atoms with Crippen molar-refractivity contribution in [2.75, 3.05) is 20.7 Å². The maximum absolute atomic E-state index is 7.45. The quantitative estimate of drug-likeness (QED) is 0.400. The van der Waals surface area contributed by atoms with Gasteiger partial charge in [-0.15, -0.1) is 0 Å². The third-order valence-electron chi connectivity index (χ3n) is 3.66. The average molecular weight is 370 g/mol. The van der Waals surface area contributed by atoms with Crippen molar-refractivity contribution in [3.05, 3.63) is 53.9 Å². The molecule has 2 aromatic rings. The van der Waals surface area contributed by atoms with Crippen molar-refractivity contribution in [3.8, 4) is 11.5 Å². The van der Waals surface area contributed by atoms with Gasteiger partial charge in [-0.3, -0.25) is 4.98 Å². The maximum Gasteiger partial charge on any atom is 0.229 e. The van der Waals surface area contributed by atoms with E-state index in [-0.39, 0.29) is 0 Å². The average Bonchev–Trinajstić information content (AvgIpc) is 3.00. The highest BCUT2D eigenvalue weighted by molar-refractivity contribution is 6.76. The zero-order valence-electron chi connectivity index (χ0n) is 16.2. The first-order valence-electron chi connectivity index (χ1n) is 8.62. The molecule has 0 bridgehead atoms. The van der Waals surface area contributed by atoms with Gasteiger partial charge in [0.05, 0.1) is 12.3 Å². The summed E-state index contributed by atoms with van der Waals surface area (Å²) in [6, 6.07) is 6.83. The number of aromatic nitrogens is 3. The lowest BCUT2D eigenvalue weighted by Gasteiger charge is -2.16. The first-order valence-corrected chi connectivity index (χ1v) is 12.3. The molecule has 7 heteroatoms. The third-order valence-corrected chi connectivity index (χ3v) is 5.36. The maximum atomic E-state index is 7.45. The molecule has 0 N–H and O–H groups in total. The molecule has 0 aromatic carbocycles. The van der Waals surface area contributed by atoms with Crippen LogP contribution in [0.3, 0.4) is 0 Å². The normalized spacial score (nSPS) is 12.1. The summed E-state index contributed by atoms with van der Waals surface area (Å²) < 4.78 is 7.82. The number of pyridine rings is 1. The molecule has 0 fully saturated rings. The molecule has 0 atom stereocenters. The van der Waals surface area contributed by atoms with Crippen LogP contribution in [0.5, 0.6) is 0 Å². The molecule has 0 aliphatic carbocycles. The fourth-order valence-electron chi connectivity index (χ4n) is 2.28. The molecule has 0 radical (unpaired) electrons. The Kier molecular flexibility index (Phi) is 6.72. The van der Waals surface area contributed by atoms with Crippen LogP contribution >= 0.6 is 0 Å². The van der Waals surface area contributed by atoms with E-state index in [9.17, 15) is 0 Å². The first-order chi connectivity index (χ1) is 12.3. The van der Waals surface area contributed by atoms with Gasteiger partial charge in [0.25, 0.3) is 0 Å². The molecule has 2 rings (SSSR count). The molecule has 26 heavy (non-hydrogen) atoms. The molecule has 138 valence electrons. The van der Waals surface area contributed by atoms with E-state index in [0.29, 0.717) is 23.9 Å². The van der Waals surface area contributed by atoms with Gasteiger partial charge in [0.1, 0.15) is 12.4 Å². The van der Waals surface area contributed by atoms with Gasteiger partial charge in [0.15, 0.2) is 5.82 Å². The van der Waals surface area contributed by atoms with Crippen molar-refractivity contribution in [1.82, 2.24) is 19.4 Å². The molecule has 2 heterocycles. The van der Waals surface area contributed by atoms with Gasteiger partial charge in [-0.2, -0.15) is 0 Å². The van der Waals surface area contributed by atoms with Crippen molar-refractivity contribution >= 4 is 13.8 Å². The summed E-state index contributed by atoms with van der Waals surface area (Å²) in [6.07, 6.45) is 5.38. The second kappa shape index (κ2) is 8.78. The number of hydrogen-bond donors (Lipinski definition) is 0. The van der Waals surface area contributed by atoms with Crippen LogP contribution in [0.15, 0.2) is 36.8 Å². The third kappa shape index (κ3) is 5.83. The van der Waals surface area contributed by atoms with Crippen molar-refractivity contribution in [1.29, 1.82) is 0 Å². The summed E-state index contributed by atoms with van der Waals surface area (Å²) in [7, 11) is 2.65. The Balaban J connectivity index is 2.28. The molecule has 0 aliphatic rings. The van der Waals surface area contributed by atoms with Gasteiger partial charge in [0.2, 0.25) is 5.70 Å². The molecule has 6 nitrogen and oxygen atoms in total. The van der Waals surface area contributed by atoms with Crippen LogP contribution in [0.4, 0.5) is 0 Å². The lowest BCUT2D eigenvalue weighted by Crippen LogP contribution is -2.22. The van der Waals surface area contributed by atoms with E-state index in [1.165, 1.54) is 0 Å². The number of nitrogens with zero attached hydrogens (tertiary/aromatic N) is 5. The molecule has 0 saturated carbocycles. The van der Waals surface area contributed by atoms with E-state index < -0.39 is 8.07 Å². The predicted octanol–water partition coefficient (Wildman–Crippen LogP) is 4.04. The highest BCUT2D eigenvalue weighted by Crippen LogP contribution is 2.22. The Labute approximate surface area is 157 Å². The fraction of sp³-hybridized carbons (Fsp3) is 0.421. The van der Waals surface area contributed by atoms with Crippen LogP contribution in [-0.4, -0.2) is 48.2 Å². The second-order valence-electron chi connectivity index (χ2n) is 7.57. The van der Waals surface area contributed by atoms with Crippen LogP contribution in [-0.2, 0) is 11.5 Å². The van der Waals surface area contributed by atoms with Crippen LogP contribution in [0, 0.1) is 6.57 Å². The number of ether oxygens (including phenoxy) is 1. The van der Waals surface area contributed by atoms with E-state index in [4.69, 9.17) is 11.3 Å². The van der Waals surface area contributed by atoms with E-state index >= 15 is 0 Å². The molecule has 0 saturated heterocycles. The molecular weight excluding hydrogens is 342 g/mol. The minimum Gasteiger partial charge on any atom is -0.393 e. The highest BCUT2D eigenvalue weighted by Gasteiger charge is 2.16. The van der Waals surface area contributed by atoms with Gasteiger partial charge in [-0.05, 0) is 18.2 Å². The summed E-state index contributed by atoms with van der Waals surface area (Å²) in [6.45, 7) is 15.6. The molecule has 0 spiro atoms. The Morgan fingerprint density at radius 1 is 1.35 bits per heavy atom. The van der Waals surface area contributed by atoms with Crippen LogP contribution in [0.25, 0.3) is 22.1 Å². The van der Waals surface area contributed by atoms with E-state index in [2.05, 4.69) is 34.5 Å². The van der Waals surface area contributed by atoms with Gasteiger partial charge in [-0.25, -0.2) is 9.83 Å². The Morgan fingerprint density at radius 3 is 2.69 bits per heavy atom. The summed E-state index contributed by atoms with van der Waals surface area (Å²) in [4.78, 5) is 14.5. The van der Waals surface area contributed by atoms with Crippen LogP contribution in [0.2, 0.25) is 25.7 Å². The Hall–Kier alpha value is -2.43. The Bertz CT molecular complexity index is 784. The SMILES string of the molecule is [C-]#[N+]/C(=C/N(C)C)c1cn(COCC[Si](C)(C)C)c(-c2ccccn2)n1. The number of hydrogen-bond acceptors (Lipinski definition) is 4. The molecule has 0 amide bonds. The zero-order chi connectivity index (χ0) is 19.2. The minimum absolute atomic E-state index is 0.399. The van der Waals surface area contributed by atoms with Crippen molar-refractivity contribution in [2.24, 2.45) is 0 Å². The smallest absolute Gasteiger partial charge is 0.229 e. The minimum atomic E-state index is -1.13. The molecular formula is C19H27N5OSi. The van der Waals surface area contributed by atoms with E-state index in [1.54, 1.807) is 12.4 Å². The monoisotopic (exact) mass is 369 g/mol. The van der Waals surface area contributed by atoms with Gasteiger partial charge in [0, 0.05) is 47.4 Å². The largest absolute Gasteiger partial charge is 0.393 e. The summed E-state index contributed by atoms with van der Waals surface area (Å²) >= 11 is 0. The lowest BCUT2D eigenvalue weighted by molar-refractivity contribution is 0.0882. The van der Waals surface area contributed by atoms with Crippen molar-refractivity contribution < 1.29 is 4.74 Å². The zero-order valence-corrected chi connectivity index (χ0v) is 17.2. The predicted molar refractivity (Wildman–Crippen MR) is 108 cm³/mol. The highest BCUT2D eigenvalue weighted by atomic mass is 28.3. The first kappa shape index (κ1) is 19.9. The van der Waals surface area contributed by atoms with Gasteiger partial charge in [-0.1, -0.05) is 25.7 Å². The molecule has 2 aromatic heterocycles. The number of rotatable bonds is 8. The van der Waals surface area contributed by atoms with E-state index in [1.807, 2.05) is 48.0 Å². The van der Waals surface area contributed by atoms with Crippen LogP contribution < -0.4 is 0 Å². The van der Waals surface area contributed by atoms with Gasteiger partial charge >= 0.3 is 0 Å². The second-order valence-corrected chi connectivity index (χ2v) is 13.2. The number of imidazole rings is 1. The lowest BCUT2D eigenvalue weighted by atomic mass is 10.3. The molecule has 0 unspecified atom stereocenters. The van der Waals surface area contributed by atoms with Crippen molar-refractivity contribution in [2.45, 2.75) is 32.4 Å². The summed E-state index contributed by atoms with van der Waals surface area (Å²) in [5.41, 5.74) is 1.89. The fourth-order valence-corrected chi connectivity index (χ4v) is 3.03.